The molecular formula is C17H13FN2OS. The molecule has 5 heteroatoms. The molecule has 0 fully saturated rings. The van der Waals surface area contributed by atoms with Gasteiger partial charge in [0.25, 0.3) is 0 Å². The number of nitrogens with one attached hydrogen (secondary N) is 1. The zero-order valence-corrected chi connectivity index (χ0v) is 12.9. The van der Waals surface area contributed by atoms with Crippen LogP contribution in [0.3, 0.4) is 0 Å². The van der Waals surface area contributed by atoms with E-state index in [1.54, 1.807) is 26.3 Å². The monoisotopic (exact) mass is 312 g/mol. The molecule has 0 unspecified atom stereocenters. The van der Waals surface area contributed by atoms with E-state index < -0.39 is 0 Å². The third-order valence-electron chi connectivity index (χ3n) is 3.15. The molecule has 1 heterocycles. The van der Waals surface area contributed by atoms with Crippen LogP contribution in [0, 0.1) is 17.7 Å². The largest absolute Gasteiger partial charge is 0.497 e. The second-order valence-electron chi connectivity index (χ2n) is 4.55. The van der Waals surface area contributed by atoms with Gasteiger partial charge in [0.15, 0.2) is 5.01 Å². The molecule has 22 heavy (non-hydrogen) atoms. The minimum atomic E-state index is -0.316. The summed E-state index contributed by atoms with van der Waals surface area (Å²) in [7, 11) is 3.31. The SMILES string of the molecule is CNc1ccc(C#Cc2nc3ccc(OC)cc3s2)cc1F. The zero-order valence-electron chi connectivity index (χ0n) is 12.1. The molecule has 3 nitrogen and oxygen atoms in total. The van der Waals surface area contributed by atoms with Crippen LogP contribution in [0.25, 0.3) is 10.2 Å². The minimum Gasteiger partial charge on any atom is -0.497 e. The first-order chi connectivity index (χ1) is 10.7. The average Bonchev–Trinajstić information content (AvgIpc) is 2.94. The molecule has 0 radical (unpaired) electrons. The third kappa shape index (κ3) is 2.87. The first-order valence-electron chi connectivity index (χ1n) is 6.63. The number of hydrogen-bond donors (Lipinski definition) is 1. The highest BCUT2D eigenvalue weighted by Crippen LogP contribution is 2.25. The van der Waals surface area contributed by atoms with Gasteiger partial charge in [-0.1, -0.05) is 5.92 Å². The van der Waals surface area contributed by atoms with Crippen LogP contribution < -0.4 is 10.1 Å². The molecule has 0 spiro atoms. The summed E-state index contributed by atoms with van der Waals surface area (Å²) in [5, 5.41) is 3.48. The van der Waals surface area contributed by atoms with Gasteiger partial charge in [0.1, 0.15) is 11.6 Å². The first kappa shape index (κ1) is 14.4. The number of ether oxygens (including phenoxy) is 1. The average molecular weight is 312 g/mol. The minimum absolute atomic E-state index is 0.316. The van der Waals surface area contributed by atoms with Crippen molar-refractivity contribution in [2.45, 2.75) is 0 Å². The summed E-state index contributed by atoms with van der Waals surface area (Å²) in [6.07, 6.45) is 0. The van der Waals surface area contributed by atoms with Crippen molar-refractivity contribution in [3.8, 4) is 17.6 Å². The van der Waals surface area contributed by atoms with Gasteiger partial charge in [0, 0.05) is 12.6 Å². The van der Waals surface area contributed by atoms with Gasteiger partial charge in [0.05, 0.1) is 23.0 Å². The highest BCUT2D eigenvalue weighted by atomic mass is 32.1. The van der Waals surface area contributed by atoms with E-state index >= 15 is 0 Å². The van der Waals surface area contributed by atoms with Crippen LogP contribution in [0.4, 0.5) is 10.1 Å². The van der Waals surface area contributed by atoms with Crippen LogP contribution in [0.15, 0.2) is 36.4 Å². The van der Waals surface area contributed by atoms with Crippen molar-refractivity contribution in [2.24, 2.45) is 0 Å². The molecule has 2 aromatic carbocycles. The predicted octanol–water partition coefficient (Wildman–Crippen LogP) is 3.89. The van der Waals surface area contributed by atoms with E-state index in [1.165, 1.54) is 17.4 Å². The molecule has 3 aromatic rings. The lowest BCUT2D eigenvalue weighted by molar-refractivity contribution is 0.415. The molecule has 0 amide bonds. The summed E-state index contributed by atoms with van der Waals surface area (Å²) in [5.41, 5.74) is 1.96. The van der Waals surface area contributed by atoms with Crippen molar-refractivity contribution < 1.29 is 9.13 Å². The Morgan fingerprint density at radius 1 is 1.18 bits per heavy atom. The van der Waals surface area contributed by atoms with Crippen molar-refractivity contribution in [3.05, 3.63) is 52.8 Å². The lowest BCUT2D eigenvalue weighted by Crippen LogP contribution is -1.92. The molecular weight excluding hydrogens is 299 g/mol. The van der Waals surface area contributed by atoms with Crippen molar-refractivity contribution in [2.75, 3.05) is 19.5 Å². The van der Waals surface area contributed by atoms with E-state index in [1.807, 2.05) is 18.2 Å². The van der Waals surface area contributed by atoms with Crippen molar-refractivity contribution >= 4 is 27.2 Å². The molecule has 0 saturated heterocycles. The number of fused-ring (bicyclic) bond motifs is 1. The Bertz CT molecular complexity index is 893. The van der Waals surface area contributed by atoms with Gasteiger partial charge < -0.3 is 10.1 Å². The van der Waals surface area contributed by atoms with Gasteiger partial charge in [-0.2, -0.15) is 0 Å². The molecule has 1 N–H and O–H groups in total. The Hall–Kier alpha value is -2.58. The maximum Gasteiger partial charge on any atom is 0.168 e. The topological polar surface area (TPSA) is 34.2 Å². The Labute approximate surface area is 131 Å². The number of halogens is 1. The smallest absolute Gasteiger partial charge is 0.168 e. The van der Waals surface area contributed by atoms with E-state index in [2.05, 4.69) is 22.1 Å². The van der Waals surface area contributed by atoms with Gasteiger partial charge in [0.2, 0.25) is 0 Å². The predicted molar refractivity (Wildman–Crippen MR) is 88.1 cm³/mol. The summed E-state index contributed by atoms with van der Waals surface area (Å²) in [5.74, 6) is 6.40. The second kappa shape index (κ2) is 6.04. The maximum absolute atomic E-state index is 13.7. The van der Waals surface area contributed by atoms with Crippen LogP contribution in [-0.2, 0) is 0 Å². The standard InChI is InChI=1S/C17H13FN2OS/c1-19-14-6-3-11(9-13(14)18)4-8-17-20-15-7-5-12(21-2)10-16(15)22-17/h3,5-7,9-10,19H,1-2H3. The molecule has 0 atom stereocenters. The van der Waals surface area contributed by atoms with Crippen LogP contribution in [0.2, 0.25) is 0 Å². The van der Waals surface area contributed by atoms with E-state index in [0.29, 0.717) is 16.3 Å². The van der Waals surface area contributed by atoms with Crippen molar-refractivity contribution in [1.82, 2.24) is 4.98 Å². The second-order valence-corrected chi connectivity index (χ2v) is 5.58. The van der Waals surface area contributed by atoms with E-state index in [9.17, 15) is 4.39 Å². The lowest BCUT2D eigenvalue weighted by atomic mass is 10.2. The van der Waals surface area contributed by atoms with Crippen LogP contribution >= 0.6 is 11.3 Å². The maximum atomic E-state index is 13.7. The quantitative estimate of drug-likeness (QED) is 0.729. The summed E-state index contributed by atoms with van der Waals surface area (Å²) < 4.78 is 19.9. The molecule has 0 saturated carbocycles. The number of methoxy groups -OCH3 is 1. The fraction of sp³-hybridized carbons (Fsp3) is 0.118. The Morgan fingerprint density at radius 2 is 2.05 bits per heavy atom. The Kier molecular flexibility index (Phi) is 3.94. The van der Waals surface area contributed by atoms with Crippen molar-refractivity contribution in [1.29, 1.82) is 0 Å². The third-order valence-corrected chi connectivity index (χ3v) is 4.08. The number of aromatic nitrogens is 1. The number of thiazole rings is 1. The van der Waals surface area contributed by atoms with Crippen LogP contribution in [-0.4, -0.2) is 19.1 Å². The molecule has 110 valence electrons. The van der Waals surface area contributed by atoms with Crippen LogP contribution in [0.5, 0.6) is 5.75 Å². The normalized spacial score (nSPS) is 10.1. The molecule has 0 aliphatic carbocycles. The number of anilines is 1. The van der Waals surface area contributed by atoms with E-state index in [0.717, 1.165) is 16.0 Å². The summed E-state index contributed by atoms with van der Waals surface area (Å²) >= 11 is 1.49. The van der Waals surface area contributed by atoms with Gasteiger partial charge in [-0.15, -0.1) is 11.3 Å². The summed E-state index contributed by atoms with van der Waals surface area (Å²) in [4.78, 5) is 4.44. The summed E-state index contributed by atoms with van der Waals surface area (Å²) in [6.45, 7) is 0. The number of benzene rings is 2. The fourth-order valence-corrected chi connectivity index (χ4v) is 2.85. The van der Waals surface area contributed by atoms with Crippen LogP contribution in [0.1, 0.15) is 10.6 Å². The highest BCUT2D eigenvalue weighted by Gasteiger charge is 2.03. The van der Waals surface area contributed by atoms with Gasteiger partial charge in [-0.25, -0.2) is 9.37 Å². The Morgan fingerprint density at radius 3 is 2.77 bits per heavy atom. The first-order valence-corrected chi connectivity index (χ1v) is 7.45. The number of hydrogen-bond acceptors (Lipinski definition) is 4. The fourth-order valence-electron chi connectivity index (χ4n) is 2.01. The van der Waals surface area contributed by atoms with E-state index in [-0.39, 0.29) is 5.82 Å². The molecule has 0 bridgehead atoms. The lowest BCUT2D eigenvalue weighted by Gasteiger charge is -2.00. The highest BCUT2D eigenvalue weighted by molar-refractivity contribution is 7.19. The molecule has 1 aromatic heterocycles. The zero-order chi connectivity index (χ0) is 15.5. The molecule has 3 rings (SSSR count). The van der Waals surface area contributed by atoms with Gasteiger partial charge >= 0.3 is 0 Å². The number of nitrogens with zero attached hydrogens (tertiary/aromatic N) is 1. The molecule has 0 aliphatic rings. The van der Waals surface area contributed by atoms with Crippen molar-refractivity contribution in [3.63, 3.8) is 0 Å². The van der Waals surface area contributed by atoms with E-state index in [4.69, 9.17) is 4.74 Å². The Balaban J connectivity index is 1.91. The molecule has 0 aliphatic heterocycles. The summed E-state index contributed by atoms with van der Waals surface area (Å²) in [6, 6.07) is 10.6. The van der Waals surface area contributed by atoms with Gasteiger partial charge in [-0.3, -0.25) is 0 Å². The van der Waals surface area contributed by atoms with Gasteiger partial charge in [-0.05, 0) is 42.3 Å². The number of rotatable bonds is 2.